The molecule has 0 aliphatic carbocycles. The molecule has 2 heteroatoms. The van der Waals surface area contributed by atoms with E-state index in [0.717, 1.165) is 0 Å². The minimum Gasteiger partial charge on any atom is -0.255 e. The largest absolute Gasteiger partial charge is 0.255 e. The maximum Gasteiger partial charge on any atom is 0.147 e. The van der Waals surface area contributed by atoms with Crippen molar-refractivity contribution in [3.05, 3.63) is 64.0 Å². The Morgan fingerprint density at radius 1 is 1.05 bits per heavy atom. The van der Waals surface area contributed by atoms with Crippen LogP contribution >= 0.6 is 0 Å². The number of rotatable bonds is 2. The van der Waals surface area contributed by atoms with Gasteiger partial charge < -0.3 is 0 Å². The first-order chi connectivity index (χ1) is 9.20. The molecule has 0 unspecified atom stereocenters. The molecule has 20 heavy (non-hydrogen) atoms. The van der Waals surface area contributed by atoms with E-state index in [9.17, 15) is 0 Å². The topological polar surface area (TPSA) is 3.01 Å². The molecule has 0 spiro atoms. The zero-order chi connectivity index (χ0) is 15.1. The van der Waals surface area contributed by atoms with Gasteiger partial charge in [-0.15, -0.1) is 6.08 Å². The maximum absolute atomic E-state index is 4.21. The summed E-state index contributed by atoms with van der Waals surface area (Å²) in [7, 11) is -1.29. The summed E-state index contributed by atoms with van der Waals surface area (Å²) in [6.07, 6.45) is 6.72. The van der Waals surface area contributed by atoms with Gasteiger partial charge in [0.1, 0.15) is 12.2 Å². The Labute approximate surface area is 124 Å². The molecule has 1 heterocycles. The first kappa shape index (κ1) is 14.9. The average Bonchev–Trinajstić information content (AvgIpc) is 2.28. The third-order valence-electron chi connectivity index (χ3n) is 3.82. The molecule has 0 fully saturated rings. The molecule has 0 saturated carbocycles. The molecular weight excluding hydrogens is 258 g/mol. The van der Waals surface area contributed by atoms with Gasteiger partial charge in [-0.2, -0.15) is 0 Å². The van der Waals surface area contributed by atoms with E-state index in [0.29, 0.717) is 0 Å². The number of benzene rings is 1. The smallest absolute Gasteiger partial charge is 0.147 e. The van der Waals surface area contributed by atoms with Crippen LogP contribution in [0.5, 0.6) is 0 Å². The van der Waals surface area contributed by atoms with Gasteiger partial charge in [-0.25, -0.2) is 0 Å². The number of nitrogens with zero attached hydrogens (tertiary/aromatic N) is 1. The minimum absolute atomic E-state index is 1.20. The summed E-state index contributed by atoms with van der Waals surface area (Å²) < 4.78 is 2.04. The van der Waals surface area contributed by atoms with Crippen LogP contribution in [0.15, 0.2) is 35.7 Å². The Bertz CT molecular complexity index is 592. The third kappa shape index (κ3) is 2.80. The summed E-state index contributed by atoms with van der Waals surface area (Å²) in [4.78, 5) is 0. The molecule has 1 aromatic carbocycles. The summed E-state index contributed by atoms with van der Waals surface area (Å²) in [5, 5.41) is 1.44. The molecule has 1 nitrogen and oxygen atoms in total. The van der Waals surface area contributed by atoms with E-state index in [4.69, 9.17) is 0 Å². The van der Waals surface area contributed by atoms with Crippen LogP contribution in [-0.2, 0) is 0 Å². The van der Waals surface area contributed by atoms with E-state index in [1.807, 2.05) is 4.58 Å². The molecule has 1 aliphatic rings. The molecule has 0 atom stereocenters. The van der Waals surface area contributed by atoms with Crippen LogP contribution < -0.4 is 0 Å². The van der Waals surface area contributed by atoms with Crippen molar-refractivity contribution in [1.29, 1.82) is 0 Å². The number of hydrogen-bond donors (Lipinski definition) is 0. The van der Waals surface area contributed by atoms with Gasteiger partial charge in [0.25, 0.3) is 0 Å². The zero-order valence-electron chi connectivity index (χ0n) is 13.5. The van der Waals surface area contributed by atoms with Crippen LogP contribution in [0, 0.1) is 26.8 Å². The highest BCUT2D eigenvalue weighted by Crippen LogP contribution is 2.31. The summed E-state index contributed by atoms with van der Waals surface area (Å²) >= 11 is 0. The van der Waals surface area contributed by atoms with Crippen molar-refractivity contribution in [3.63, 3.8) is 0 Å². The van der Waals surface area contributed by atoms with Gasteiger partial charge in [-0.1, -0.05) is 67.5 Å². The molecule has 0 bridgehead atoms. The fourth-order valence-corrected chi connectivity index (χ4v) is 3.93. The van der Waals surface area contributed by atoms with Crippen LogP contribution in [-0.4, -0.2) is 19.4 Å². The molecule has 0 aromatic heterocycles. The predicted octanol–water partition coefficient (Wildman–Crippen LogP) is 4.54. The van der Waals surface area contributed by atoms with Crippen LogP contribution in [0.2, 0.25) is 19.6 Å². The fraction of sp³-hybridized carbons (Fsp3) is 0.333. The minimum atomic E-state index is -1.29. The zero-order valence-corrected chi connectivity index (χ0v) is 14.5. The van der Waals surface area contributed by atoms with Crippen LogP contribution in [0.4, 0.5) is 0 Å². The van der Waals surface area contributed by atoms with E-state index in [1.165, 1.54) is 33.5 Å². The highest BCUT2D eigenvalue weighted by molar-refractivity contribution is 6.83. The second kappa shape index (κ2) is 5.10. The van der Waals surface area contributed by atoms with Gasteiger partial charge in [-0.05, 0) is 18.6 Å². The van der Waals surface area contributed by atoms with Crippen molar-refractivity contribution < 1.29 is 4.58 Å². The molecule has 1 aromatic rings. The lowest BCUT2D eigenvalue weighted by Gasteiger charge is -2.27. The number of aryl methyl sites for hydroxylation is 3. The van der Waals surface area contributed by atoms with E-state index in [-0.39, 0.29) is 0 Å². The Balaban J connectivity index is 2.42. The van der Waals surface area contributed by atoms with E-state index in [1.54, 1.807) is 0 Å². The Morgan fingerprint density at radius 3 is 2.05 bits per heavy atom. The second-order valence-electron chi connectivity index (χ2n) is 6.80. The van der Waals surface area contributed by atoms with Crippen LogP contribution in [0.3, 0.4) is 0 Å². The lowest BCUT2D eigenvalue weighted by atomic mass is 9.93. The fourth-order valence-electron chi connectivity index (χ4n) is 2.80. The molecule has 0 N–H and O–H groups in total. The summed E-state index contributed by atoms with van der Waals surface area (Å²) in [6.45, 7) is 17.8. The molecule has 106 valence electrons. The van der Waals surface area contributed by atoms with Crippen LogP contribution in [0.25, 0.3) is 0 Å². The van der Waals surface area contributed by atoms with Gasteiger partial charge in [0.2, 0.25) is 0 Å². The summed E-state index contributed by atoms with van der Waals surface area (Å²) in [5.74, 6) is 0. The summed E-state index contributed by atoms with van der Waals surface area (Å²) in [6, 6.07) is 5.69. The van der Waals surface area contributed by atoms with Gasteiger partial charge in [-0.3, -0.25) is 4.58 Å². The van der Waals surface area contributed by atoms with Gasteiger partial charge in [0, 0.05) is 0 Å². The molecular formula is C18H25NSi. The lowest BCUT2D eigenvalue weighted by Crippen LogP contribution is -2.27. The Kier molecular flexibility index (Phi) is 3.79. The molecule has 2 rings (SSSR count). The monoisotopic (exact) mass is 283 g/mol. The van der Waals surface area contributed by atoms with Crippen molar-refractivity contribution in [1.82, 2.24) is 0 Å². The number of allylic oxidation sites excluding steroid dienone is 2. The third-order valence-corrected chi connectivity index (χ3v) is 5.85. The standard InChI is InChI=1S/C18H25NSi/c1-13-10-14(2)18(15(3)11-13)17-9-8-16(12-19(17)4)20(5,6)7/h8-12H,4H2,1-3,5-7H3. The average molecular weight is 283 g/mol. The van der Waals surface area contributed by atoms with Gasteiger partial charge in [0.05, 0.1) is 14.8 Å². The van der Waals surface area contributed by atoms with E-state index >= 15 is 0 Å². The number of hydrogen-bond acceptors (Lipinski definition) is 0. The lowest BCUT2D eigenvalue weighted by molar-refractivity contribution is -0.418. The van der Waals surface area contributed by atoms with Gasteiger partial charge in [0.15, 0.2) is 0 Å². The van der Waals surface area contributed by atoms with E-state index < -0.39 is 8.07 Å². The maximum atomic E-state index is 4.21. The highest BCUT2D eigenvalue weighted by Gasteiger charge is 2.25. The summed E-state index contributed by atoms with van der Waals surface area (Å²) in [5.41, 5.74) is 5.27. The van der Waals surface area contributed by atoms with Crippen molar-refractivity contribution in [2.24, 2.45) is 0 Å². The quantitative estimate of drug-likeness (QED) is 0.426. The molecule has 0 amide bonds. The first-order valence-corrected chi connectivity index (χ1v) is 10.7. The van der Waals surface area contributed by atoms with Crippen molar-refractivity contribution in [2.45, 2.75) is 40.4 Å². The SMILES string of the molecule is C=[N+]1C=C([Si](C)(C)C)C=C[C-]1c1c(C)cc(C)cc1C. The van der Waals surface area contributed by atoms with Gasteiger partial charge >= 0.3 is 0 Å². The Morgan fingerprint density at radius 2 is 1.60 bits per heavy atom. The molecule has 0 saturated heterocycles. The van der Waals surface area contributed by atoms with Crippen molar-refractivity contribution in [3.8, 4) is 0 Å². The van der Waals surface area contributed by atoms with Crippen molar-refractivity contribution >= 4 is 14.8 Å². The predicted molar refractivity (Wildman–Crippen MR) is 90.9 cm³/mol. The Hall–Kier alpha value is -1.54. The van der Waals surface area contributed by atoms with Crippen LogP contribution in [0.1, 0.15) is 22.3 Å². The van der Waals surface area contributed by atoms with Crippen molar-refractivity contribution in [2.75, 3.05) is 0 Å². The highest BCUT2D eigenvalue weighted by atomic mass is 28.3. The second-order valence-corrected chi connectivity index (χ2v) is 11.9. The molecule has 0 radical (unpaired) electrons. The van der Waals surface area contributed by atoms with E-state index in [2.05, 4.69) is 77.6 Å². The first-order valence-electron chi connectivity index (χ1n) is 7.15. The normalized spacial score (nSPS) is 15.6. The molecule has 1 aliphatic heterocycles.